The summed E-state index contributed by atoms with van der Waals surface area (Å²) in [6.45, 7) is 5.49. The second-order valence-electron chi connectivity index (χ2n) is 10.4. The highest BCUT2D eigenvalue weighted by atomic mass is 16.5. The van der Waals surface area contributed by atoms with Crippen molar-refractivity contribution < 1.29 is 19.3 Å². The van der Waals surface area contributed by atoms with Gasteiger partial charge in [-0.05, 0) is 25.0 Å². The molecule has 39 heavy (non-hydrogen) atoms. The van der Waals surface area contributed by atoms with Crippen LogP contribution in [-0.2, 0) is 4.74 Å². The third-order valence-corrected chi connectivity index (χ3v) is 7.91. The van der Waals surface area contributed by atoms with Crippen LogP contribution in [0.4, 0.5) is 27.9 Å². The van der Waals surface area contributed by atoms with E-state index >= 15 is 0 Å². The Kier molecular flexibility index (Phi) is 7.53. The number of ether oxygens (including phenoxy) is 2. The highest BCUT2D eigenvalue weighted by Gasteiger charge is 2.27. The number of morpholine rings is 1. The van der Waals surface area contributed by atoms with Crippen LogP contribution in [0.25, 0.3) is 11.2 Å². The van der Waals surface area contributed by atoms with Crippen LogP contribution >= 0.6 is 0 Å². The lowest BCUT2D eigenvalue weighted by Crippen LogP contribution is -2.54. The molecular formula is C27H38N9O3+. The minimum Gasteiger partial charge on any atom is -0.494 e. The molecule has 0 bridgehead atoms. The summed E-state index contributed by atoms with van der Waals surface area (Å²) in [4.78, 5) is 34.9. The number of hydrogen-bond donors (Lipinski definition) is 3. The highest BCUT2D eigenvalue weighted by molar-refractivity contribution is 5.82. The number of benzene rings is 1. The van der Waals surface area contributed by atoms with E-state index in [2.05, 4.69) is 36.6 Å². The summed E-state index contributed by atoms with van der Waals surface area (Å²) >= 11 is 0. The first kappa shape index (κ1) is 25.5. The number of piperazine rings is 1. The molecule has 4 N–H and O–H groups in total. The van der Waals surface area contributed by atoms with Crippen LogP contribution in [0.1, 0.15) is 32.1 Å². The molecule has 12 nitrogen and oxygen atoms in total. The van der Waals surface area contributed by atoms with Crippen LogP contribution in [0, 0.1) is 0 Å². The molecule has 1 aliphatic carbocycles. The largest absolute Gasteiger partial charge is 0.494 e. The quantitative estimate of drug-likeness (QED) is 0.439. The zero-order valence-electron chi connectivity index (χ0n) is 22.5. The Bertz CT molecular complexity index is 1280. The normalized spacial score (nSPS) is 18.8. The van der Waals surface area contributed by atoms with Crippen molar-refractivity contribution in [2.75, 3.05) is 75.1 Å². The van der Waals surface area contributed by atoms with Crippen LogP contribution in [-0.4, -0.2) is 96.4 Å². The summed E-state index contributed by atoms with van der Waals surface area (Å²) in [7, 11) is 1.67. The molecule has 3 aliphatic rings. The number of amides is 2. The zero-order valence-corrected chi connectivity index (χ0v) is 22.5. The van der Waals surface area contributed by atoms with Crippen molar-refractivity contribution in [2.24, 2.45) is 0 Å². The molecule has 6 rings (SSSR count). The number of rotatable bonds is 6. The number of carbonyl (C=O) groups excluding carboxylic acids is 1. The summed E-state index contributed by atoms with van der Waals surface area (Å²) in [6, 6.07) is 6.65. The molecular weight excluding hydrogens is 498 g/mol. The van der Waals surface area contributed by atoms with Gasteiger partial charge in [0.2, 0.25) is 5.52 Å². The Morgan fingerprint density at radius 1 is 1.05 bits per heavy atom. The van der Waals surface area contributed by atoms with Gasteiger partial charge in [0.15, 0.2) is 12.1 Å². The zero-order chi connectivity index (χ0) is 26.6. The summed E-state index contributed by atoms with van der Waals surface area (Å²) in [5.41, 5.74) is 3.47. The first-order valence-corrected chi connectivity index (χ1v) is 14.0. The van der Waals surface area contributed by atoms with Gasteiger partial charge in [-0.1, -0.05) is 24.2 Å². The van der Waals surface area contributed by atoms with E-state index in [1.54, 1.807) is 13.4 Å². The molecule has 0 radical (unpaired) electrons. The van der Waals surface area contributed by atoms with Gasteiger partial charge in [0.05, 0.1) is 26.0 Å². The molecule has 3 fully saturated rings. The fourth-order valence-corrected chi connectivity index (χ4v) is 5.69. The van der Waals surface area contributed by atoms with Gasteiger partial charge in [0.1, 0.15) is 5.75 Å². The monoisotopic (exact) mass is 536 g/mol. The molecule has 4 heterocycles. The number of imidazole rings is 1. The molecule has 0 spiro atoms. The molecule has 12 heteroatoms. The SMILES string of the molecule is COc1cc(N2CCN(C(=O)N3CCOCC3)CC2)ccc1Nc1nc(NC2CCCCC2)c2[nH]c[nH+]c2n1. The highest BCUT2D eigenvalue weighted by Crippen LogP contribution is 2.33. The summed E-state index contributed by atoms with van der Waals surface area (Å²) in [5.74, 6) is 2.01. The minimum atomic E-state index is 0.115. The summed E-state index contributed by atoms with van der Waals surface area (Å²) < 4.78 is 11.1. The summed E-state index contributed by atoms with van der Waals surface area (Å²) in [5, 5.41) is 7.00. The van der Waals surface area contributed by atoms with Gasteiger partial charge in [-0.2, -0.15) is 4.98 Å². The molecule has 1 saturated carbocycles. The third kappa shape index (κ3) is 5.65. The number of hydrogen-bond acceptors (Lipinski definition) is 8. The Morgan fingerprint density at radius 2 is 1.82 bits per heavy atom. The minimum absolute atomic E-state index is 0.115. The molecule has 2 aromatic heterocycles. The number of fused-ring (bicyclic) bond motifs is 1. The van der Waals surface area contributed by atoms with Crippen molar-refractivity contribution >= 4 is 40.3 Å². The van der Waals surface area contributed by atoms with Crippen LogP contribution < -0.4 is 25.3 Å². The Balaban J connectivity index is 1.14. The number of aromatic amines is 2. The van der Waals surface area contributed by atoms with E-state index in [9.17, 15) is 4.79 Å². The van der Waals surface area contributed by atoms with Crippen LogP contribution in [0.3, 0.4) is 0 Å². The number of nitrogens with zero attached hydrogens (tertiary/aromatic N) is 5. The van der Waals surface area contributed by atoms with E-state index in [4.69, 9.17) is 14.5 Å². The van der Waals surface area contributed by atoms with E-state index in [-0.39, 0.29) is 6.03 Å². The second-order valence-corrected chi connectivity index (χ2v) is 10.4. The Hall–Kier alpha value is -3.80. The smallest absolute Gasteiger partial charge is 0.320 e. The van der Waals surface area contributed by atoms with E-state index in [0.717, 1.165) is 54.3 Å². The fourth-order valence-electron chi connectivity index (χ4n) is 5.69. The van der Waals surface area contributed by atoms with Crippen molar-refractivity contribution in [3.8, 4) is 5.75 Å². The van der Waals surface area contributed by atoms with Gasteiger partial charge in [-0.15, -0.1) is 0 Å². The van der Waals surface area contributed by atoms with Crippen LogP contribution in [0.2, 0.25) is 0 Å². The maximum atomic E-state index is 12.8. The molecule has 0 unspecified atom stereocenters. The number of anilines is 4. The molecule has 2 saturated heterocycles. The number of nitrogens with one attached hydrogen (secondary N) is 4. The standard InChI is InChI=1S/C27H37N9O3/c1-38-22-17-20(34-9-11-35(12-10-34)27(37)36-13-15-39-16-14-36)7-8-21(22)31-26-32-24-23(28-18-29-24)25(33-26)30-19-5-3-2-4-6-19/h7-8,17-19H,2-6,9-16H2,1H3,(H3,28,29,30,31,32,33)/p+1. The number of carbonyl (C=O) groups is 1. The van der Waals surface area contributed by atoms with E-state index in [0.29, 0.717) is 57.1 Å². The molecule has 1 aromatic carbocycles. The molecule has 2 amide bonds. The van der Waals surface area contributed by atoms with Gasteiger partial charge in [-0.25, -0.2) is 9.78 Å². The van der Waals surface area contributed by atoms with Gasteiger partial charge in [0, 0.05) is 57.1 Å². The summed E-state index contributed by atoms with van der Waals surface area (Å²) in [6.07, 6.45) is 7.89. The average molecular weight is 537 g/mol. The van der Waals surface area contributed by atoms with Crippen molar-refractivity contribution in [3.05, 3.63) is 24.5 Å². The van der Waals surface area contributed by atoms with Gasteiger partial charge < -0.3 is 34.8 Å². The topological polar surface area (TPSA) is 125 Å². The third-order valence-electron chi connectivity index (χ3n) is 7.91. The maximum Gasteiger partial charge on any atom is 0.320 e. The first-order chi connectivity index (χ1) is 19.2. The number of aromatic nitrogens is 4. The fraction of sp³-hybridized carbons (Fsp3) is 0.556. The lowest BCUT2D eigenvalue weighted by molar-refractivity contribution is -0.347. The predicted octanol–water partition coefficient (Wildman–Crippen LogP) is 2.84. The predicted molar refractivity (Wildman–Crippen MR) is 149 cm³/mol. The molecule has 2 aliphatic heterocycles. The van der Waals surface area contributed by atoms with Crippen molar-refractivity contribution in [1.29, 1.82) is 0 Å². The number of urea groups is 1. The van der Waals surface area contributed by atoms with Crippen molar-refractivity contribution in [3.63, 3.8) is 0 Å². The second kappa shape index (κ2) is 11.5. The molecule has 208 valence electrons. The average Bonchev–Trinajstić information content (AvgIpc) is 3.47. The van der Waals surface area contributed by atoms with Gasteiger partial charge >= 0.3 is 17.6 Å². The van der Waals surface area contributed by atoms with Crippen molar-refractivity contribution in [1.82, 2.24) is 24.8 Å². The van der Waals surface area contributed by atoms with E-state index in [1.165, 1.54) is 19.3 Å². The molecule has 3 aromatic rings. The van der Waals surface area contributed by atoms with Crippen LogP contribution in [0.5, 0.6) is 5.75 Å². The van der Waals surface area contributed by atoms with Crippen molar-refractivity contribution in [2.45, 2.75) is 38.1 Å². The van der Waals surface area contributed by atoms with Crippen LogP contribution in [0.15, 0.2) is 24.5 Å². The lowest BCUT2D eigenvalue weighted by atomic mass is 9.95. The van der Waals surface area contributed by atoms with Gasteiger partial charge in [-0.3, -0.25) is 4.98 Å². The maximum absolute atomic E-state index is 12.8. The van der Waals surface area contributed by atoms with E-state index < -0.39 is 0 Å². The number of H-pyrrole nitrogens is 2. The van der Waals surface area contributed by atoms with Gasteiger partial charge in [0.25, 0.3) is 0 Å². The number of methoxy groups -OCH3 is 1. The Labute approximate surface area is 228 Å². The lowest BCUT2D eigenvalue weighted by Gasteiger charge is -2.39. The Morgan fingerprint density at radius 3 is 2.59 bits per heavy atom. The van der Waals surface area contributed by atoms with E-state index in [1.807, 2.05) is 21.9 Å². The first-order valence-electron chi connectivity index (χ1n) is 14.0. The molecule has 0 atom stereocenters.